The van der Waals surface area contributed by atoms with Gasteiger partial charge in [0, 0.05) is 24.7 Å². The molecule has 0 radical (unpaired) electrons. The second-order valence-electron chi connectivity index (χ2n) is 8.65. The molecule has 0 atom stereocenters. The van der Waals surface area contributed by atoms with Crippen LogP contribution in [0.3, 0.4) is 0 Å². The number of aryl methyl sites for hydroxylation is 2. The Balaban J connectivity index is 1.44. The Hall–Kier alpha value is -1.72. The molecule has 2 saturated heterocycles. The number of rotatable bonds is 3. The summed E-state index contributed by atoms with van der Waals surface area (Å²) in [5.74, 6) is 0.172. The van der Waals surface area contributed by atoms with Gasteiger partial charge in [-0.3, -0.25) is 4.79 Å². The number of hydrogen-bond acceptors (Lipinski definition) is 4. The molecule has 4 rings (SSSR count). The van der Waals surface area contributed by atoms with Crippen LogP contribution in [0.25, 0.3) is 10.6 Å². The Kier molecular flexibility index (Phi) is 6.35. The maximum atomic E-state index is 13.2. The molecule has 0 aliphatic carbocycles. The van der Waals surface area contributed by atoms with E-state index in [4.69, 9.17) is 4.98 Å². The summed E-state index contributed by atoms with van der Waals surface area (Å²) < 4.78 is 0. The largest absolute Gasteiger partial charge is 0.338 e. The minimum Gasteiger partial charge on any atom is -0.338 e. The number of carbonyl (C=O) groups excluding carboxylic acids is 1. The van der Waals surface area contributed by atoms with Crippen molar-refractivity contribution >= 4 is 17.2 Å². The van der Waals surface area contributed by atoms with Crippen LogP contribution in [0.1, 0.15) is 65.0 Å². The van der Waals surface area contributed by atoms with Crippen LogP contribution >= 0.6 is 11.3 Å². The van der Waals surface area contributed by atoms with Crippen LogP contribution in [-0.4, -0.2) is 52.9 Å². The van der Waals surface area contributed by atoms with Crippen molar-refractivity contribution in [3.05, 3.63) is 39.9 Å². The van der Waals surface area contributed by atoms with Crippen molar-refractivity contribution in [2.75, 3.05) is 26.2 Å². The van der Waals surface area contributed by atoms with E-state index in [1.165, 1.54) is 49.9 Å². The van der Waals surface area contributed by atoms with Crippen LogP contribution in [-0.2, 0) is 0 Å². The number of hydrogen-bond donors (Lipinski definition) is 0. The Labute approximate surface area is 178 Å². The predicted octanol–water partition coefficient (Wildman–Crippen LogP) is 5.22. The lowest BCUT2D eigenvalue weighted by Crippen LogP contribution is -2.47. The fourth-order valence-corrected chi connectivity index (χ4v) is 5.85. The van der Waals surface area contributed by atoms with E-state index in [9.17, 15) is 4.79 Å². The lowest BCUT2D eigenvalue weighted by atomic mass is 10.0. The molecule has 0 unspecified atom stereocenters. The lowest BCUT2D eigenvalue weighted by Gasteiger charge is -2.38. The standard InChI is InChI=1S/C24H33N3OS/c1-17-9-8-10-21(18(17)2)23-25-19(3)22(29-23)24(28)27-15-11-20(12-16-27)26-13-6-4-5-7-14-26/h8-10,20H,4-7,11-16H2,1-3H3. The number of carbonyl (C=O) groups is 1. The van der Waals surface area contributed by atoms with Crippen molar-refractivity contribution in [3.8, 4) is 10.6 Å². The van der Waals surface area contributed by atoms with Crippen LogP contribution in [0, 0.1) is 20.8 Å². The fraction of sp³-hybridized carbons (Fsp3) is 0.583. The molecule has 2 aliphatic rings. The highest BCUT2D eigenvalue weighted by Gasteiger charge is 2.29. The molecular formula is C24H33N3OS. The molecular weight excluding hydrogens is 378 g/mol. The van der Waals surface area contributed by atoms with E-state index in [1.54, 1.807) is 11.3 Å². The van der Waals surface area contributed by atoms with Crippen LogP contribution in [0.5, 0.6) is 0 Å². The van der Waals surface area contributed by atoms with Crippen molar-refractivity contribution < 1.29 is 4.79 Å². The van der Waals surface area contributed by atoms with Gasteiger partial charge in [-0.1, -0.05) is 31.0 Å². The number of thiazole rings is 1. The average molecular weight is 412 g/mol. The summed E-state index contributed by atoms with van der Waals surface area (Å²) in [7, 11) is 0. The molecule has 156 valence electrons. The number of likely N-dealkylation sites (tertiary alicyclic amines) is 2. The molecule has 1 aromatic carbocycles. The van der Waals surface area contributed by atoms with Gasteiger partial charge in [-0.15, -0.1) is 11.3 Å². The summed E-state index contributed by atoms with van der Waals surface area (Å²) in [6.45, 7) is 10.5. The van der Waals surface area contributed by atoms with Gasteiger partial charge in [-0.25, -0.2) is 4.98 Å². The summed E-state index contributed by atoms with van der Waals surface area (Å²) >= 11 is 1.56. The first-order valence-electron chi connectivity index (χ1n) is 11.1. The topological polar surface area (TPSA) is 36.4 Å². The molecule has 5 heteroatoms. The maximum Gasteiger partial charge on any atom is 0.265 e. The molecule has 0 spiro atoms. The van der Waals surface area contributed by atoms with E-state index >= 15 is 0 Å². The third-order valence-electron chi connectivity index (χ3n) is 6.73. The zero-order valence-electron chi connectivity index (χ0n) is 18.0. The van der Waals surface area contributed by atoms with Crippen LogP contribution < -0.4 is 0 Å². The van der Waals surface area contributed by atoms with E-state index in [1.807, 2.05) is 6.92 Å². The van der Waals surface area contributed by atoms with Crippen molar-refractivity contribution in [1.82, 2.24) is 14.8 Å². The van der Waals surface area contributed by atoms with Gasteiger partial charge in [0.25, 0.3) is 5.91 Å². The zero-order chi connectivity index (χ0) is 20.4. The van der Waals surface area contributed by atoms with Gasteiger partial charge in [-0.05, 0) is 70.7 Å². The Morgan fingerprint density at radius 1 is 1.00 bits per heavy atom. The number of nitrogens with zero attached hydrogens (tertiary/aromatic N) is 3. The summed E-state index contributed by atoms with van der Waals surface area (Å²) in [4.78, 5) is 23.6. The highest BCUT2D eigenvalue weighted by molar-refractivity contribution is 7.17. The van der Waals surface area contributed by atoms with Crippen molar-refractivity contribution in [2.45, 2.75) is 65.3 Å². The van der Waals surface area contributed by atoms with E-state index in [-0.39, 0.29) is 5.91 Å². The van der Waals surface area contributed by atoms with Gasteiger partial charge in [-0.2, -0.15) is 0 Å². The van der Waals surface area contributed by atoms with Crippen LogP contribution in [0.15, 0.2) is 18.2 Å². The molecule has 4 nitrogen and oxygen atoms in total. The first kappa shape index (κ1) is 20.5. The van der Waals surface area contributed by atoms with E-state index in [2.05, 4.69) is 41.8 Å². The van der Waals surface area contributed by atoms with Gasteiger partial charge < -0.3 is 9.80 Å². The average Bonchev–Trinajstić information content (AvgIpc) is 2.93. The number of piperidine rings is 1. The summed E-state index contributed by atoms with van der Waals surface area (Å²) in [5.41, 5.74) is 4.53. The van der Waals surface area contributed by atoms with Crippen molar-refractivity contribution in [2.24, 2.45) is 0 Å². The third-order valence-corrected chi connectivity index (χ3v) is 7.91. The monoisotopic (exact) mass is 411 g/mol. The third kappa shape index (κ3) is 4.41. The summed E-state index contributed by atoms with van der Waals surface area (Å²) in [5, 5.41) is 0.964. The van der Waals surface area contributed by atoms with Gasteiger partial charge in [0.05, 0.1) is 5.69 Å². The molecule has 1 aromatic heterocycles. The normalized spacial score (nSPS) is 19.3. The molecule has 0 N–H and O–H groups in total. The lowest BCUT2D eigenvalue weighted by molar-refractivity contribution is 0.0626. The molecule has 2 aromatic rings. The minimum absolute atomic E-state index is 0.172. The quantitative estimate of drug-likeness (QED) is 0.695. The van der Waals surface area contributed by atoms with Crippen LogP contribution in [0.4, 0.5) is 0 Å². The van der Waals surface area contributed by atoms with Crippen molar-refractivity contribution in [1.29, 1.82) is 0 Å². The minimum atomic E-state index is 0.172. The highest BCUT2D eigenvalue weighted by Crippen LogP contribution is 2.32. The number of aromatic nitrogens is 1. The molecule has 1 amide bonds. The Bertz CT molecular complexity index is 859. The van der Waals surface area contributed by atoms with Crippen LogP contribution in [0.2, 0.25) is 0 Å². The highest BCUT2D eigenvalue weighted by atomic mass is 32.1. The predicted molar refractivity (Wildman–Crippen MR) is 121 cm³/mol. The maximum absolute atomic E-state index is 13.2. The SMILES string of the molecule is Cc1cccc(-c2nc(C)c(C(=O)N3CCC(N4CCCCCC4)CC3)s2)c1C. The van der Waals surface area contributed by atoms with Gasteiger partial charge in [0.1, 0.15) is 9.88 Å². The summed E-state index contributed by atoms with van der Waals surface area (Å²) in [6, 6.07) is 6.97. The first-order valence-corrected chi connectivity index (χ1v) is 11.9. The van der Waals surface area contributed by atoms with E-state index in [0.29, 0.717) is 6.04 Å². The van der Waals surface area contributed by atoms with Gasteiger partial charge in [0.2, 0.25) is 0 Å². The molecule has 0 bridgehead atoms. The second kappa shape index (κ2) is 8.97. The molecule has 3 heterocycles. The summed E-state index contributed by atoms with van der Waals surface area (Å²) in [6.07, 6.45) is 7.63. The van der Waals surface area contributed by atoms with Gasteiger partial charge in [0.15, 0.2) is 0 Å². The van der Waals surface area contributed by atoms with E-state index in [0.717, 1.165) is 47.1 Å². The smallest absolute Gasteiger partial charge is 0.265 e. The fourth-order valence-electron chi connectivity index (χ4n) is 4.73. The number of benzene rings is 1. The zero-order valence-corrected chi connectivity index (χ0v) is 18.9. The van der Waals surface area contributed by atoms with E-state index < -0.39 is 0 Å². The Morgan fingerprint density at radius 3 is 2.38 bits per heavy atom. The molecule has 0 saturated carbocycles. The Morgan fingerprint density at radius 2 is 1.69 bits per heavy atom. The van der Waals surface area contributed by atoms with Crippen molar-refractivity contribution in [3.63, 3.8) is 0 Å². The number of amides is 1. The second-order valence-corrected chi connectivity index (χ2v) is 9.65. The molecule has 2 fully saturated rings. The molecule has 29 heavy (non-hydrogen) atoms. The first-order chi connectivity index (χ1) is 14.0. The molecule has 2 aliphatic heterocycles. The van der Waals surface area contributed by atoms with Gasteiger partial charge >= 0.3 is 0 Å².